The number of halogens is 1. The molecule has 1 heterocycles. The standard InChI is InChI=1S/C17H18ClN3O2/c1-10(2)23-17(22)11(3)21(4)16-7-12(9-19)14-8-13(18)5-6-15(14)20-16/h5-8,10-11H,1-4H3. The minimum absolute atomic E-state index is 0.181. The van der Waals surface area contributed by atoms with E-state index in [1.807, 2.05) is 0 Å². The van der Waals surface area contributed by atoms with E-state index in [-0.39, 0.29) is 12.1 Å². The summed E-state index contributed by atoms with van der Waals surface area (Å²) in [5.41, 5.74) is 1.11. The Hall–Kier alpha value is -2.32. The average Bonchev–Trinajstić information content (AvgIpc) is 2.51. The maximum Gasteiger partial charge on any atom is 0.328 e. The third-order valence-corrected chi connectivity index (χ3v) is 3.75. The van der Waals surface area contributed by atoms with Crippen molar-refractivity contribution in [3.63, 3.8) is 0 Å². The van der Waals surface area contributed by atoms with Crippen LogP contribution in [0.5, 0.6) is 0 Å². The zero-order valence-corrected chi connectivity index (χ0v) is 14.3. The van der Waals surface area contributed by atoms with Gasteiger partial charge in [0.25, 0.3) is 0 Å². The Kier molecular flexibility index (Phi) is 5.07. The van der Waals surface area contributed by atoms with E-state index in [4.69, 9.17) is 16.3 Å². The molecule has 23 heavy (non-hydrogen) atoms. The molecule has 0 fully saturated rings. The van der Waals surface area contributed by atoms with Gasteiger partial charge in [0.15, 0.2) is 0 Å². The molecule has 0 saturated heterocycles. The number of esters is 1. The minimum atomic E-state index is -0.513. The molecular formula is C17H18ClN3O2. The van der Waals surface area contributed by atoms with E-state index in [1.54, 1.807) is 57.0 Å². The van der Waals surface area contributed by atoms with Crippen LogP contribution in [0.3, 0.4) is 0 Å². The molecule has 2 aromatic rings. The molecule has 0 saturated carbocycles. The first kappa shape index (κ1) is 17.0. The highest BCUT2D eigenvalue weighted by atomic mass is 35.5. The Balaban J connectivity index is 2.41. The highest BCUT2D eigenvalue weighted by Gasteiger charge is 2.22. The van der Waals surface area contributed by atoms with Crippen molar-refractivity contribution < 1.29 is 9.53 Å². The molecule has 120 valence electrons. The maximum atomic E-state index is 12.1. The van der Waals surface area contributed by atoms with Crippen molar-refractivity contribution in [3.8, 4) is 6.07 Å². The van der Waals surface area contributed by atoms with Gasteiger partial charge in [0.2, 0.25) is 0 Å². The number of carbonyl (C=O) groups excluding carboxylic acids is 1. The summed E-state index contributed by atoms with van der Waals surface area (Å²) in [6.07, 6.45) is -0.181. The molecule has 0 aliphatic heterocycles. The number of hydrogen-bond acceptors (Lipinski definition) is 5. The Morgan fingerprint density at radius 3 is 2.65 bits per heavy atom. The lowest BCUT2D eigenvalue weighted by atomic mass is 10.1. The molecule has 1 atom stereocenters. The van der Waals surface area contributed by atoms with Crippen LogP contribution in [0.4, 0.5) is 5.82 Å². The fourth-order valence-electron chi connectivity index (χ4n) is 2.14. The van der Waals surface area contributed by atoms with Gasteiger partial charge in [-0.2, -0.15) is 5.26 Å². The third-order valence-electron chi connectivity index (χ3n) is 3.51. The summed E-state index contributed by atoms with van der Waals surface area (Å²) in [4.78, 5) is 18.3. The predicted molar refractivity (Wildman–Crippen MR) is 90.6 cm³/mol. The van der Waals surface area contributed by atoms with Crippen LogP contribution >= 0.6 is 11.6 Å². The van der Waals surface area contributed by atoms with Gasteiger partial charge >= 0.3 is 5.97 Å². The van der Waals surface area contributed by atoms with E-state index in [2.05, 4.69) is 11.1 Å². The van der Waals surface area contributed by atoms with Gasteiger partial charge in [-0.05, 0) is 45.0 Å². The normalized spacial score (nSPS) is 12.0. The number of nitrogens with zero attached hydrogens (tertiary/aromatic N) is 3. The summed E-state index contributed by atoms with van der Waals surface area (Å²) in [6, 6.07) is 8.48. The van der Waals surface area contributed by atoms with Crippen molar-refractivity contribution in [3.05, 3.63) is 34.9 Å². The van der Waals surface area contributed by atoms with Crippen molar-refractivity contribution in [1.82, 2.24) is 4.98 Å². The topological polar surface area (TPSA) is 66.2 Å². The molecule has 1 aromatic carbocycles. The number of likely N-dealkylation sites (N-methyl/N-ethyl adjacent to an activating group) is 1. The Morgan fingerprint density at radius 1 is 1.35 bits per heavy atom. The van der Waals surface area contributed by atoms with Crippen LogP contribution in [0.1, 0.15) is 26.3 Å². The van der Waals surface area contributed by atoms with Gasteiger partial charge in [-0.25, -0.2) is 9.78 Å². The van der Waals surface area contributed by atoms with E-state index in [0.29, 0.717) is 27.3 Å². The number of fused-ring (bicyclic) bond motifs is 1. The number of nitriles is 1. The first-order valence-corrected chi connectivity index (χ1v) is 7.65. The molecular weight excluding hydrogens is 314 g/mol. The average molecular weight is 332 g/mol. The van der Waals surface area contributed by atoms with Crippen LogP contribution in [0, 0.1) is 11.3 Å². The van der Waals surface area contributed by atoms with Crippen LogP contribution in [0.25, 0.3) is 10.9 Å². The third kappa shape index (κ3) is 3.72. The fourth-order valence-corrected chi connectivity index (χ4v) is 2.32. The number of ether oxygens (including phenoxy) is 1. The zero-order valence-electron chi connectivity index (χ0n) is 13.5. The number of carbonyl (C=O) groups is 1. The zero-order chi connectivity index (χ0) is 17.1. The van der Waals surface area contributed by atoms with Crippen LogP contribution in [0.2, 0.25) is 5.02 Å². The summed E-state index contributed by atoms with van der Waals surface area (Å²) in [5.74, 6) is 0.198. The SMILES string of the molecule is CC(C)OC(=O)C(C)N(C)c1cc(C#N)c2cc(Cl)ccc2n1. The molecule has 0 amide bonds. The lowest BCUT2D eigenvalue weighted by Gasteiger charge is -2.25. The molecule has 0 N–H and O–H groups in total. The smallest absolute Gasteiger partial charge is 0.328 e. The minimum Gasteiger partial charge on any atom is -0.461 e. The molecule has 1 unspecified atom stereocenters. The molecule has 0 spiro atoms. The number of hydrogen-bond donors (Lipinski definition) is 0. The molecule has 6 heteroatoms. The molecule has 0 bridgehead atoms. The van der Waals surface area contributed by atoms with Gasteiger partial charge in [-0.3, -0.25) is 0 Å². The Bertz CT molecular complexity index is 783. The lowest BCUT2D eigenvalue weighted by Crippen LogP contribution is -2.38. The van der Waals surface area contributed by atoms with Gasteiger partial charge in [0.1, 0.15) is 11.9 Å². The number of aromatic nitrogens is 1. The largest absolute Gasteiger partial charge is 0.461 e. The lowest BCUT2D eigenvalue weighted by molar-refractivity contribution is -0.148. The molecule has 0 radical (unpaired) electrons. The van der Waals surface area contributed by atoms with Crippen molar-refractivity contribution in [1.29, 1.82) is 5.26 Å². The van der Waals surface area contributed by atoms with Crippen molar-refractivity contribution in [2.24, 2.45) is 0 Å². The van der Waals surface area contributed by atoms with Gasteiger partial charge in [-0.1, -0.05) is 11.6 Å². The fraction of sp³-hybridized carbons (Fsp3) is 0.353. The number of anilines is 1. The molecule has 5 nitrogen and oxygen atoms in total. The van der Waals surface area contributed by atoms with E-state index >= 15 is 0 Å². The second-order valence-corrected chi connectivity index (χ2v) is 6.01. The Labute approximate surface area is 140 Å². The predicted octanol–water partition coefficient (Wildman–Crippen LogP) is 3.54. The monoisotopic (exact) mass is 331 g/mol. The molecule has 2 rings (SSSR count). The molecule has 1 aromatic heterocycles. The van der Waals surface area contributed by atoms with Crippen LogP contribution in [-0.4, -0.2) is 30.1 Å². The second kappa shape index (κ2) is 6.84. The van der Waals surface area contributed by atoms with E-state index in [1.165, 1.54) is 0 Å². The number of rotatable bonds is 4. The van der Waals surface area contributed by atoms with Gasteiger partial charge < -0.3 is 9.64 Å². The summed E-state index contributed by atoms with van der Waals surface area (Å²) in [7, 11) is 1.75. The second-order valence-electron chi connectivity index (χ2n) is 5.57. The van der Waals surface area contributed by atoms with Crippen molar-refractivity contribution >= 4 is 34.3 Å². The van der Waals surface area contributed by atoms with Gasteiger partial charge in [0, 0.05) is 17.5 Å². The van der Waals surface area contributed by atoms with E-state index in [9.17, 15) is 10.1 Å². The summed E-state index contributed by atoms with van der Waals surface area (Å²) < 4.78 is 5.22. The first-order valence-electron chi connectivity index (χ1n) is 7.27. The molecule has 0 aliphatic carbocycles. The maximum absolute atomic E-state index is 12.1. The summed E-state index contributed by atoms with van der Waals surface area (Å²) >= 11 is 5.98. The molecule has 0 aliphatic rings. The van der Waals surface area contributed by atoms with E-state index < -0.39 is 6.04 Å². The summed E-state index contributed by atoms with van der Waals surface area (Å²) in [6.45, 7) is 5.34. The van der Waals surface area contributed by atoms with Gasteiger partial charge in [0.05, 0.1) is 23.3 Å². The quantitative estimate of drug-likeness (QED) is 0.802. The van der Waals surface area contributed by atoms with Crippen molar-refractivity contribution in [2.45, 2.75) is 32.9 Å². The van der Waals surface area contributed by atoms with E-state index in [0.717, 1.165) is 0 Å². The summed E-state index contributed by atoms with van der Waals surface area (Å²) in [5, 5.41) is 10.6. The highest BCUT2D eigenvalue weighted by Crippen LogP contribution is 2.25. The number of benzene rings is 1. The van der Waals surface area contributed by atoms with Gasteiger partial charge in [-0.15, -0.1) is 0 Å². The highest BCUT2D eigenvalue weighted by molar-refractivity contribution is 6.31. The van der Waals surface area contributed by atoms with Crippen molar-refractivity contribution in [2.75, 3.05) is 11.9 Å². The number of pyridine rings is 1. The first-order chi connectivity index (χ1) is 10.8. The van der Waals surface area contributed by atoms with Crippen LogP contribution in [0.15, 0.2) is 24.3 Å². The van der Waals surface area contributed by atoms with Crippen LogP contribution in [-0.2, 0) is 9.53 Å². The Morgan fingerprint density at radius 2 is 2.04 bits per heavy atom. The van der Waals surface area contributed by atoms with Crippen LogP contribution < -0.4 is 4.90 Å².